The fourth-order valence-corrected chi connectivity index (χ4v) is 1.34. The summed E-state index contributed by atoms with van der Waals surface area (Å²) in [5.41, 5.74) is 1.23. The summed E-state index contributed by atoms with van der Waals surface area (Å²) in [7, 11) is 0. The van der Waals surface area contributed by atoms with Gasteiger partial charge in [0.25, 0.3) is 0 Å². The van der Waals surface area contributed by atoms with E-state index in [9.17, 15) is 0 Å². The van der Waals surface area contributed by atoms with Gasteiger partial charge in [0.2, 0.25) is 0 Å². The van der Waals surface area contributed by atoms with Crippen LogP contribution in [0.25, 0.3) is 0 Å². The maximum Gasteiger partial charge on any atom is 0.126 e. The van der Waals surface area contributed by atoms with Crippen LogP contribution in [0, 0.1) is 6.92 Å². The van der Waals surface area contributed by atoms with Crippen molar-refractivity contribution >= 4 is 0 Å². The first-order chi connectivity index (χ1) is 8.11. The van der Waals surface area contributed by atoms with E-state index in [4.69, 9.17) is 9.47 Å². The van der Waals surface area contributed by atoms with Crippen molar-refractivity contribution in [2.24, 2.45) is 0 Å². The van der Waals surface area contributed by atoms with Crippen LogP contribution in [-0.2, 0) is 4.74 Å². The predicted molar refractivity (Wildman–Crippen MR) is 70.9 cm³/mol. The molecule has 0 radical (unpaired) electrons. The minimum atomic E-state index is 0.689. The molecular weight excluding hydrogens is 212 g/mol. The molecule has 2 heteroatoms. The van der Waals surface area contributed by atoms with Crippen molar-refractivity contribution in [2.75, 3.05) is 6.61 Å². The van der Waals surface area contributed by atoms with Gasteiger partial charge in [-0.15, -0.1) is 0 Å². The number of allylic oxidation sites excluding steroid dienone is 4. The standard InChI is InChI=1S/C15H20O2/c1-5-16-13(3)8-9-14(4)17-15-10-6-12(2)7-11-15/h6-11H,5H2,1-4H3/b13-8+,14-9+. The molecule has 0 atom stereocenters. The Bertz CT molecular complexity index is 399. The molecular formula is C15H20O2. The molecule has 0 unspecified atom stereocenters. The van der Waals surface area contributed by atoms with E-state index in [0.29, 0.717) is 6.61 Å². The van der Waals surface area contributed by atoms with Gasteiger partial charge in [0, 0.05) is 0 Å². The Morgan fingerprint density at radius 3 is 2.24 bits per heavy atom. The fourth-order valence-electron chi connectivity index (χ4n) is 1.34. The number of ether oxygens (including phenoxy) is 2. The second kappa shape index (κ2) is 6.79. The van der Waals surface area contributed by atoms with Gasteiger partial charge in [-0.3, -0.25) is 0 Å². The lowest BCUT2D eigenvalue weighted by atomic mass is 10.2. The van der Waals surface area contributed by atoms with Crippen molar-refractivity contribution < 1.29 is 9.47 Å². The highest BCUT2D eigenvalue weighted by Crippen LogP contribution is 2.14. The number of hydrogen-bond acceptors (Lipinski definition) is 2. The maximum absolute atomic E-state index is 5.66. The quantitative estimate of drug-likeness (QED) is 0.559. The molecule has 0 aliphatic rings. The molecule has 0 spiro atoms. The van der Waals surface area contributed by atoms with Crippen LogP contribution >= 0.6 is 0 Å². The zero-order valence-electron chi connectivity index (χ0n) is 11.0. The molecule has 1 aromatic rings. The SMILES string of the molecule is CCO/C(C)=C/C=C(\C)Oc1ccc(C)cc1. The topological polar surface area (TPSA) is 18.5 Å². The zero-order chi connectivity index (χ0) is 12.7. The van der Waals surface area contributed by atoms with Crippen LogP contribution < -0.4 is 4.74 Å². The second-order valence-corrected chi connectivity index (χ2v) is 3.90. The van der Waals surface area contributed by atoms with E-state index in [-0.39, 0.29) is 0 Å². The Hall–Kier alpha value is -1.70. The number of rotatable bonds is 5. The van der Waals surface area contributed by atoms with E-state index in [1.807, 2.05) is 57.2 Å². The van der Waals surface area contributed by atoms with E-state index in [1.54, 1.807) is 0 Å². The van der Waals surface area contributed by atoms with Crippen molar-refractivity contribution in [2.45, 2.75) is 27.7 Å². The average molecular weight is 232 g/mol. The minimum Gasteiger partial charge on any atom is -0.499 e. The Morgan fingerprint density at radius 1 is 1.06 bits per heavy atom. The summed E-state index contributed by atoms with van der Waals surface area (Å²) in [6.07, 6.45) is 3.82. The van der Waals surface area contributed by atoms with Crippen LogP contribution in [0.4, 0.5) is 0 Å². The van der Waals surface area contributed by atoms with E-state index in [1.165, 1.54) is 5.56 Å². The minimum absolute atomic E-state index is 0.689. The Balaban J connectivity index is 2.59. The van der Waals surface area contributed by atoms with Crippen LogP contribution in [0.3, 0.4) is 0 Å². The third kappa shape index (κ3) is 5.25. The molecule has 0 aliphatic carbocycles. The smallest absolute Gasteiger partial charge is 0.126 e. The molecule has 1 rings (SSSR count). The Labute approximate surface area is 104 Å². The highest BCUT2D eigenvalue weighted by molar-refractivity contribution is 5.28. The maximum atomic E-state index is 5.66. The largest absolute Gasteiger partial charge is 0.499 e. The van der Waals surface area contributed by atoms with Gasteiger partial charge in [-0.2, -0.15) is 0 Å². The van der Waals surface area contributed by atoms with E-state index in [2.05, 4.69) is 6.92 Å². The van der Waals surface area contributed by atoms with Crippen LogP contribution in [0.2, 0.25) is 0 Å². The molecule has 0 aromatic heterocycles. The van der Waals surface area contributed by atoms with E-state index < -0.39 is 0 Å². The summed E-state index contributed by atoms with van der Waals surface area (Å²) < 4.78 is 11.0. The van der Waals surface area contributed by atoms with Crippen molar-refractivity contribution in [1.29, 1.82) is 0 Å². The molecule has 1 aromatic carbocycles. The second-order valence-electron chi connectivity index (χ2n) is 3.90. The summed E-state index contributed by atoms with van der Waals surface area (Å²) in [5.74, 6) is 2.58. The molecule has 0 saturated heterocycles. The monoisotopic (exact) mass is 232 g/mol. The molecule has 2 nitrogen and oxygen atoms in total. The molecule has 0 bridgehead atoms. The van der Waals surface area contributed by atoms with Gasteiger partial charge in [-0.1, -0.05) is 17.7 Å². The zero-order valence-corrected chi connectivity index (χ0v) is 11.0. The van der Waals surface area contributed by atoms with Crippen LogP contribution in [0.1, 0.15) is 26.3 Å². The first-order valence-corrected chi connectivity index (χ1v) is 5.84. The lowest BCUT2D eigenvalue weighted by molar-refractivity contribution is 0.231. The molecule has 0 fully saturated rings. The van der Waals surface area contributed by atoms with Gasteiger partial charge in [0.1, 0.15) is 11.5 Å². The predicted octanol–water partition coefficient (Wildman–Crippen LogP) is 4.22. The fraction of sp³-hybridized carbons (Fsp3) is 0.333. The van der Waals surface area contributed by atoms with Gasteiger partial charge in [0.15, 0.2) is 0 Å². The third-order valence-corrected chi connectivity index (χ3v) is 2.22. The van der Waals surface area contributed by atoms with Crippen LogP contribution in [0.15, 0.2) is 47.9 Å². The first kappa shape index (κ1) is 13.4. The molecule has 0 heterocycles. The van der Waals surface area contributed by atoms with Gasteiger partial charge >= 0.3 is 0 Å². The van der Waals surface area contributed by atoms with E-state index >= 15 is 0 Å². The van der Waals surface area contributed by atoms with E-state index in [0.717, 1.165) is 17.3 Å². The number of hydrogen-bond donors (Lipinski definition) is 0. The van der Waals surface area contributed by atoms with Crippen LogP contribution in [-0.4, -0.2) is 6.61 Å². The lowest BCUT2D eigenvalue weighted by Gasteiger charge is -2.05. The molecule has 92 valence electrons. The summed E-state index contributed by atoms with van der Waals surface area (Å²) >= 11 is 0. The molecule has 0 amide bonds. The third-order valence-electron chi connectivity index (χ3n) is 2.22. The van der Waals surface area contributed by atoms with Crippen molar-refractivity contribution in [1.82, 2.24) is 0 Å². The van der Waals surface area contributed by atoms with Gasteiger partial charge in [-0.25, -0.2) is 0 Å². The Morgan fingerprint density at radius 2 is 1.65 bits per heavy atom. The number of aryl methyl sites for hydroxylation is 1. The first-order valence-electron chi connectivity index (χ1n) is 5.84. The summed E-state index contributed by atoms with van der Waals surface area (Å²) in [6.45, 7) is 8.57. The van der Waals surface area contributed by atoms with Gasteiger partial charge in [0.05, 0.1) is 12.4 Å². The van der Waals surface area contributed by atoms with Gasteiger partial charge < -0.3 is 9.47 Å². The molecule has 0 aliphatic heterocycles. The van der Waals surface area contributed by atoms with Crippen molar-refractivity contribution in [3.63, 3.8) is 0 Å². The lowest BCUT2D eigenvalue weighted by Crippen LogP contribution is -1.91. The molecule has 0 saturated carbocycles. The van der Waals surface area contributed by atoms with Gasteiger partial charge in [-0.05, 0) is 52.0 Å². The molecule has 17 heavy (non-hydrogen) atoms. The number of benzene rings is 1. The van der Waals surface area contributed by atoms with Crippen LogP contribution in [0.5, 0.6) is 5.75 Å². The normalized spacial score (nSPS) is 12.5. The summed E-state index contributed by atoms with van der Waals surface area (Å²) in [4.78, 5) is 0. The Kier molecular flexibility index (Phi) is 5.34. The summed E-state index contributed by atoms with van der Waals surface area (Å²) in [5, 5.41) is 0. The summed E-state index contributed by atoms with van der Waals surface area (Å²) in [6, 6.07) is 7.99. The molecule has 0 N–H and O–H groups in total. The highest BCUT2D eigenvalue weighted by atomic mass is 16.5. The average Bonchev–Trinajstić information content (AvgIpc) is 2.30. The van der Waals surface area contributed by atoms with Crippen molar-refractivity contribution in [3.05, 3.63) is 53.5 Å². The highest BCUT2D eigenvalue weighted by Gasteiger charge is 1.94. The van der Waals surface area contributed by atoms with Crippen molar-refractivity contribution in [3.8, 4) is 5.75 Å².